The second-order valence-corrected chi connectivity index (χ2v) is 16.7. The second-order valence-electron chi connectivity index (χ2n) is 16.7. The molecule has 0 fully saturated rings. The van der Waals surface area contributed by atoms with Gasteiger partial charge in [0.2, 0.25) is 0 Å². The van der Waals surface area contributed by atoms with Gasteiger partial charge in [-0.1, -0.05) is 196 Å². The maximum absolute atomic E-state index is 5.28. The van der Waals surface area contributed by atoms with E-state index in [4.69, 9.17) is 15.0 Å². The highest BCUT2D eigenvalue weighted by Crippen LogP contribution is 2.52. The molecule has 12 rings (SSSR count). The average Bonchev–Trinajstić information content (AvgIpc) is 3.57. The van der Waals surface area contributed by atoms with Gasteiger partial charge in [0.05, 0.1) is 0 Å². The fraction of sp³-hybridized carbons (Fsp3) is 0.0517. The lowest BCUT2D eigenvalue weighted by molar-refractivity contribution is 0.660. The zero-order valence-corrected chi connectivity index (χ0v) is 33.9. The lowest BCUT2D eigenvalue weighted by atomic mass is 9.82. The van der Waals surface area contributed by atoms with Crippen molar-refractivity contribution >= 4 is 43.1 Å². The number of fused-ring (bicyclic) bond motifs is 11. The summed E-state index contributed by atoms with van der Waals surface area (Å²) >= 11 is 0. The van der Waals surface area contributed by atoms with Crippen LogP contribution in [0.3, 0.4) is 0 Å². The number of hydrogen-bond acceptors (Lipinski definition) is 3. The second kappa shape index (κ2) is 13.7. The molecule has 3 nitrogen and oxygen atoms in total. The summed E-state index contributed by atoms with van der Waals surface area (Å²) in [5, 5.41) is 10.2. The summed E-state index contributed by atoms with van der Waals surface area (Å²) in [6.45, 7) is 4.62. The summed E-state index contributed by atoms with van der Waals surface area (Å²) < 4.78 is 0. The van der Waals surface area contributed by atoms with Gasteiger partial charge >= 0.3 is 0 Å². The maximum atomic E-state index is 5.28. The molecule has 0 amide bonds. The van der Waals surface area contributed by atoms with E-state index in [1.807, 2.05) is 18.2 Å². The molecular formula is C58H39N3. The first kappa shape index (κ1) is 35.2. The van der Waals surface area contributed by atoms with Crippen LogP contribution in [0.1, 0.15) is 25.0 Å². The van der Waals surface area contributed by atoms with E-state index in [2.05, 4.69) is 196 Å². The zero-order valence-electron chi connectivity index (χ0n) is 33.9. The fourth-order valence-electron chi connectivity index (χ4n) is 9.99. The van der Waals surface area contributed by atoms with Gasteiger partial charge in [-0.15, -0.1) is 0 Å². The first-order chi connectivity index (χ1) is 30.0. The van der Waals surface area contributed by atoms with Crippen molar-refractivity contribution in [3.05, 3.63) is 211 Å². The summed E-state index contributed by atoms with van der Waals surface area (Å²) in [7, 11) is 0. The largest absolute Gasteiger partial charge is 0.208 e. The molecule has 1 aliphatic carbocycles. The summed E-state index contributed by atoms with van der Waals surface area (Å²) in [5.74, 6) is 1.97. The lowest BCUT2D eigenvalue weighted by Crippen LogP contribution is -2.14. The van der Waals surface area contributed by atoms with Gasteiger partial charge in [0.15, 0.2) is 17.5 Å². The van der Waals surface area contributed by atoms with Crippen molar-refractivity contribution in [3.63, 3.8) is 0 Å². The quantitative estimate of drug-likeness (QED) is 0.163. The lowest BCUT2D eigenvalue weighted by Gasteiger charge is -2.21. The highest BCUT2D eigenvalue weighted by atomic mass is 15.0. The Morgan fingerprint density at radius 2 is 0.754 bits per heavy atom. The molecule has 1 aromatic heterocycles. The van der Waals surface area contributed by atoms with Crippen LogP contribution in [0.25, 0.3) is 111 Å². The number of hydrogen-bond donors (Lipinski definition) is 0. The van der Waals surface area contributed by atoms with Crippen LogP contribution in [-0.4, -0.2) is 15.0 Å². The van der Waals surface area contributed by atoms with Crippen LogP contribution in [0.4, 0.5) is 0 Å². The minimum atomic E-state index is -0.135. The van der Waals surface area contributed by atoms with Gasteiger partial charge in [-0.25, -0.2) is 15.0 Å². The molecule has 0 saturated heterocycles. The Kier molecular flexibility index (Phi) is 7.88. The van der Waals surface area contributed by atoms with Gasteiger partial charge < -0.3 is 0 Å². The van der Waals surface area contributed by atoms with Crippen LogP contribution in [0.2, 0.25) is 0 Å². The number of rotatable bonds is 5. The van der Waals surface area contributed by atoms with E-state index < -0.39 is 0 Å². The van der Waals surface area contributed by atoms with Crippen LogP contribution in [0.5, 0.6) is 0 Å². The Bertz CT molecular complexity index is 3570. The third-order valence-electron chi connectivity index (χ3n) is 12.9. The highest BCUT2D eigenvalue weighted by Gasteiger charge is 2.37. The summed E-state index contributed by atoms with van der Waals surface area (Å²) in [6, 6.07) is 72.1. The molecule has 10 aromatic carbocycles. The standard InChI is InChI=1S/C58H39N3/c1-58(2)51-31-13-12-29-47(51)54-48(30-16-32-52(54)58)57-60-55(36-17-4-3-5-18-36)59-56(61-57)40-22-15-20-38(34-40)37-19-14-21-39(33-37)49-35-50-43-25-7-6-23-41(43)42-24-8-10-27-45(42)53(50)46-28-11-9-26-44(46)49/h3-35H,1-2H3. The predicted molar refractivity (Wildman–Crippen MR) is 255 cm³/mol. The summed E-state index contributed by atoms with van der Waals surface area (Å²) in [4.78, 5) is 15.6. The Labute approximate surface area is 354 Å². The molecule has 0 unspecified atom stereocenters. The van der Waals surface area contributed by atoms with Gasteiger partial charge in [0, 0.05) is 22.1 Å². The van der Waals surface area contributed by atoms with E-state index in [-0.39, 0.29) is 5.41 Å². The monoisotopic (exact) mass is 777 g/mol. The van der Waals surface area contributed by atoms with Crippen LogP contribution in [0, 0.1) is 0 Å². The van der Waals surface area contributed by atoms with Crippen molar-refractivity contribution in [3.8, 4) is 67.5 Å². The minimum Gasteiger partial charge on any atom is -0.208 e. The summed E-state index contributed by atoms with van der Waals surface area (Å²) in [6.07, 6.45) is 0. The Morgan fingerprint density at radius 3 is 1.49 bits per heavy atom. The third-order valence-corrected chi connectivity index (χ3v) is 12.9. The van der Waals surface area contributed by atoms with E-state index in [1.165, 1.54) is 76.5 Å². The van der Waals surface area contributed by atoms with Gasteiger partial charge in [-0.2, -0.15) is 0 Å². The SMILES string of the molecule is CC1(C)c2ccccc2-c2c(-c3nc(-c4ccccc4)nc(-c4cccc(-c5cccc(-c6cc7c8ccccc8c8ccccc8c7c7ccccc67)c5)c4)n3)cccc21. The Balaban J connectivity index is 1.01. The Hall–Kier alpha value is -7.75. The minimum absolute atomic E-state index is 0.135. The first-order valence-electron chi connectivity index (χ1n) is 21.0. The van der Waals surface area contributed by atoms with Crippen molar-refractivity contribution in [1.82, 2.24) is 15.0 Å². The van der Waals surface area contributed by atoms with E-state index in [9.17, 15) is 0 Å². The molecule has 0 atom stereocenters. The molecule has 3 heteroatoms. The van der Waals surface area contributed by atoms with E-state index in [0.717, 1.165) is 27.8 Å². The molecule has 1 aliphatic rings. The zero-order chi connectivity index (χ0) is 40.7. The molecule has 61 heavy (non-hydrogen) atoms. The molecule has 0 saturated carbocycles. The number of aromatic nitrogens is 3. The summed E-state index contributed by atoms with van der Waals surface area (Å²) in [5.41, 5.74) is 12.4. The van der Waals surface area contributed by atoms with Gasteiger partial charge in [0.25, 0.3) is 0 Å². The van der Waals surface area contributed by atoms with Gasteiger partial charge in [-0.05, 0) is 106 Å². The topological polar surface area (TPSA) is 38.7 Å². The first-order valence-corrected chi connectivity index (χ1v) is 21.0. The fourth-order valence-corrected chi connectivity index (χ4v) is 9.99. The van der Waals surface area contributed by atoms with Gasteiger partial charge in [-0.3, -0.25) is 0 Å². The highest BCUT2D eigenvalue weighted by molar-refractivity contribution is 6.33. The Morgan fingerprint density at radius 1 is 0.295 bits per heavy atom. The molecule has 0 spiro atoms. The van der Waals surface area contributed by atoms with Crippen molar-refractivity contribution in [2.24, 2.45) is 0 Å². The normalized spacial score (nSPS) is 12.9. The van der Waals surface area contributed by atoms with Crippen molar-refractivity contribution in [2.75, 3.05) is 0 Å². The molecular weight excluding hydrogens is 739 g/mol. The van der Waals surface area contributed by atoms with Crippen LogP contribution < -0.4 is 0 Å². The molecule has 0 aliphatic heterocycles. The molecule has 286 valence electrons. The van der Waals surface area contributed by atoms with Gasteiger partial charge in [0.1, 0.15) is 0 Å². The molecule has 0 N–H and O–H groups in total. The smallest absolute Gasteiger partial charge is 0.164 e. The maximum Gasteiger partial charge on any atom is 0.164 e. The van der Waals surface area contributed by atoms with Crippen molar-refractivity contribution < 1.29 is 0 Å². The predicted octanol–water partition coefficient (Wildman–Crippen LogP) is 15.1. The molecule has 0 radical (unpaired) electrons. The number of benzene rings is 10. The van der Waals surface area contributed by atoms with Crippen LogP contribution in [0.15, 0.2) is 200 Å². The molecule has 1 heterocycles. The average molecular weight is 778 g/mol. The molecule has 0 bridgehead atoms. The van der Waals surface area contributed by atoms with Crippen LogP contribution >= 0.6 is 0 Å². The van der Waals surface area contributed by atoms with Crippen molar-refractivity contribution in [1.29, 1.82) is 0 Å². The number of nitrogens with zero attached hydrogens (tertiary/aromatic N) is 3. The van der Waals surface area contributed by atoms with E-state index >= 15 is 0 Å². The van der Waals surface area contributed by atoms with E-state index in [1.54, 1.807) is 0 Å². The molecule has 11 aromatic rings. The van der Waals surface area contributed by atoms with E-state index in [0.29, 0.717) is 17.5 Å². The van der Waals surface area contributed by atoms with Crippen molar-refractivity contribution in [2.45, 2.75) is 19.3 Å². The van der Waals surface area contributed by atoms with Crippen LogP contribution in [-0.2, 0) is 5.41 Å². The third kappa shape index (κ3) is 5.55.